The van der Waals surface area contributed by atoms with E-state index in [9.17, 15) is 10.1 Å². The second-order valence-electron chi connectivity index (χ2n) is 4.84. The van der Waals surface area contributed by atoms with Gasteiger partial charge >= 0.3 is 0 Å². The first-order valence-corrected chi connectivity index (χ1v) is 6.42. The van der Waals surface area contributed by atoms with E-state index in [-0.39, 0.29) is 11.3 Å². The Morgan fingerprint density at radius 2 is 2.11 bits per heavy atom. The van der Waals surface area contributed by atoms with Crippen LogP contribution >= 0.6 is 12.0 Å². The van der Waals surface area contributed by atoms with E-state index >= 15 is 0 Å². The molecule has 0 bridgehead atoms. The molecule has 2 rings (SSSR count). The van der Waals surface area contributed by atoms with Crippen LogP contribution in [0.1, 0.15) is 20.3 Å². The molecule has 1 fully saturated rings. The molecule has 0 radical (unpaired) electrons. The molecule has 0 amide bonds. The Hall–Kier alpha value is -1.11. The van der Waals surface area contributed by atoms with Crippen molar-refractivity contribution in [2.45, 2.75) is 36.9 Å². The average molecular weight is 269 g/mol. The van der Waals surface area contributed by atoms with Crippen LogP contribution in [0, 0.1) is 10.1 Å². The molecule has 5 nitrogen and oxygen atoms in total. The number of nitrogens with zero attached hydrogens (tertiary/aromatic N) is 1. The summed E-state index contributed by atoms with van der Waals surface area (Å²) >= 11 is 1.24. The van der Waals surface area contributed by atoms with Crippen molar-refractivity contribution in [1.29, 1.82) is 0 Å². The van der Waals surface area contributed by atoms with E-state index in [0.29, 0.717) is 6.10 Å². The summed E-state index contributed by atoms with van der Waals surface area (Å²) in [6.07, 6.45) is 1.17. The lowest BCUT2D eigenvalue weighted by Gasteiger charge is -2.22. The third-order valence-corrected chi connectivity index (χ3v) is 3.53. The zero-order valence-electron chi connectivity index (χ0n) is 10.3. The van der Waals surface area contributed by atoms with Gasteiger partial charge in [0.1, 0.15) is 0 Å². The van der Waals surface area contributed by atoms with Crippen molar-refractivity contribution < 1.29 is 13.8 Å². The highest BCUT2D eigenvalue weighted by Crippen LogP contribution is 2.32. The molecule has 18 heavy (non-hydrogen) atoms. The normalized spacial score (nSPS) is 18.7. The predicted molar refractivity (Wildman–Crippen MR) is 68.5 cm³/mol. The standard InChI is InChI=1S/C12H15NO4S/c1-12(2,7-10-8-16-10)17-18-11-5-3-9(4-6-11)13(14)15/h3-6,10H,7-8H2,1-2H3. The summed E-state index contributed by atoms with van der Waals surface area (Å²) in [6, 6.07) is 6.32. The summed E-state index contributed by atoms with van der Waals surface area (Å²) < 4.78 is 10.9. The van der Waals surface area contributed by atoms with Gasteiger partial charge in [-0.15, -0.1) is 0 Å². The average Bonchev–Trinajstić information content (AvgIpc) is 3.10. The maximum absolute atomic E-state index is 10.5. The van der Waals surface area contributed by atoms with E-state index < -0.39 is 4.92 Å². The molecule has 1 atom stereocenters. The lowest BCUT2D eigenvalue weighted by molar-refractivity contribution is -0.384. The molecule has 1 heterocycles. The molecule has 0 aliphatic carbocycles. The topological polar surface area (TPSA) is 64.9 Å². The zero-order chi connectivity index (χ0) is 13.2. The van der Waals surface area contributed by atoms with Gasteiger partial charge in [0.05, 0.1) is 23.2 Å². The van der Waals surface area contributed by atoms with Gasteiger partial charge in [-0.3, -0.25) is 10.1 Å². The first kappa shape index (κ1) is 13.3. The van der Waals surface area contributed by atoms with Gasteiger partial charge in [-0.25, -0.2) is 0 Å². The van der Waals surface area contributed by atoms with Gasteiger partial charge in [0.2, 0.25) is 0 Å². The van der Waals surface area contributed by atoms with Gasteiger partial charge in [-0.05, 0) is 26.0 Å². The summed E-state index contributed by atoms with van der Waals surface area (Å²) in [4.78, 5) is 11.0. The number of hydrogen-bond acceptors (Lipinski definition) is 5. The Morgan fingerprint density at radius 3 is 2.61 bits per heavy atom. The van der Waals surface area contributed by atoms with Gasteiger partial charge in [-0.2, -0.15) is 0 Å². The van der Waals surface area contributed by atoms with E-state index in [1.165, 1.54) is 24.2 Å². The van der Waals surface area contributed by atoms with Crippen molar-refractivity contribution in [2.75, 3.05) is 6.61 Å². The van der Waals surface area contributed by atoms with Crippen molar-refractivity contribution in [3.05, 3.63) is 34.4 Å². The summed E-state index contributed by atoms with van der Waals surface area (Å²) in [7, 11) is 0. The molecule has 0 aromatic heterocycles. The van der Waals surface area contributed by atoms with E-state index in [2.05, 4.69) is 0 Å². The first-order valence-electron chi connectivity index (χ1n) is 5.68. The fourth-order valence-corrected chi connectivity index (χ4v) is 2.19. The second-order valence-corrected chi connectivity index (χ2v) is 5.64. The van der Waals surface area contributed by atoms with Crippen LogP contribution in [0.4, 0.5) is 5.69 Å². The minimum absolute atomic E-state index is 0.0880. The number of ether oxygens (including phenoxy) is 1. The van der Waals surface area contributed by atoms with Crippen molar-refractivity contribution >= 4 is 17.7 Å². The Labute approximate surface area is 110 Å². The van der Waals surface area contributed by atoms with Crippen LogP contribution in [-0.4, -0.2) is 23.2 Å². The largest absolute Gasteiger partial charge is 0.373 e. The summed E-state index contributed by atoms with van der Waals surface area (Å²) in [5.41, 5.74) is -0.182. The maximum Gasteiger partial charge on any atom is 0.269 e. The van der Waals surface area contributed by atoms with Crippen molar-refractivity contribution in [1.82, 2.24) is 0 Å². The van der Waals surface area contributed by atoms with Crippen LogP contribution in [0.15, 0.2) is 29.2 Å². The first-order chi connectivity index (χ1) is 8.46. The molecule has 1 aromatic carbocycles. The monoisotopic (exact) mass is 269 g/mol. The molecule has 1 aliphatic rings. The Balaban J connectivity index is 1.86. The SMILES string of the molecule is CC(C)(CC1CO1)OSc1ccc([N+](=O)[O-])cc1. The number of nitro benzene ring substituents is 1. The molecule has 1 aliphatic heterocycles. The van der Waals surface area contributed by atoms with Crippen LogP contribution in [0.25, 0.3) is 0 Å². The highest BCUT2D eigenvalue weighted by molar-refractivity contribution is 7.94. The van der Waals surface area contributed by atoms with E-state index in [4.69, 9.17) is 8.92 Å². The van der Waals surface area contributed by atoms with Crippen molar-refractivity contribution in [2.24, 2.45) is 0 Å². The summed E-state index contributed by atoms with van der Waals surface area (Å²) in [6.45, 7) is 4.83. The fraction of sp³-hybridized carbons (Fsp3) is 0.500. The van der Waals surface area contributed by atoms with Gasteiger partial charge in [0.25, 0.3) is 5.69 Å². The molecule has 98 valence electrons. The van der Waals surface area contributed by atoms with Crippen LogP contribution in [0.2, 0.25) is 0 Å². The molecule has 0 spiro atoms. The lowest BCUT2D eigenvalue weighted by Crippen LogP contribution is -2.23. The molecule has 1 saturated heterocycles. The van der Waals surface area contributed by atoms with Gasteiger partial charge < -0.3 is 8.92 Å². The van der Waals surface area contributed by atoms with Gasteiger partial charge in [0, 0.05) is 35.5 Å². The maximum atomic E-state index is 10.5. The lowest BCUT2D eigenvalue weighted by atomic mass is 10.0. The van der Waals surface area contributed by atoms with Crippen molar-refractivity contribution in [3.63, 3.8) is 0 Å². The van der Waals surface area contributed by atoms with Crippen LogP contribution in [-0.2, 0) is 8.92 Å². The number of non-ortho nitro benzene ring substituents is 1. The highest BCUT2D eigenvalue weighted by atomic mass is 32.2. The van der Waals surface area contributed by atoms with E-state index in [1.807, 2.05) is 13.8 Å². The van der Waals surface area contributed by atoms with Crippen LogP contribution in [0.5, 0.6) is 0 Å². The number of epoxide rings is 1. The Kier molecular flexibility index (Phi) is 3.89. The third-order valence-electron chi connectivity index (χ3n) is 2.53. The van der Waals surface area contributed by atoms with Crippen molar-refractivity contribution in [3.8, 4) is 0 Å². The fourth-order valence-electron chi connectivity index (χ4n) is 1.55. The smallest absolute Gasteiger partial charge is 0.269 e. The number of hydrogen-bond donors (Lipinski definition) is 0. The summed E-state index contributed by atoms with van der Waals surface area (Å²) in [5, 5.41) is 10.5. The molecule has 0 saturated carbocycles. The zero-order valence-corrected chi connectivity index (χ0v) is 11.1. The van der Waals surface area contributed by atoms with Gasteiger partial charge in [0.15, 0.2) is 0 Å². The summed E-state index contributed by atoms with van der Waals surface area (Å²) in [5.74, 6) is 0. The number of rotatable bonds is 6. The molecule has 1 aromatic rings. The predicted octanol–water partition coefficient (Wildman–Crippen LogP) is 3.19. The Bertz CT molecular complexity index is 428. The second kappa shape index (κ2) is 5.26. The Morgan fingerprint density at radius 1 is 1.50 bits per heavy atom. The molecular weight excluding hydrogens is 254 g/mol. The van der Waals surface area contributed by atoms with E-state index in [1.54, 1.807) is 12.1 Å². The molecule has 1 unspecified atom stereocenters. The molecular formula is C12H15NO4S. The molecule has 6 heteroatoms. The minimum Gasteiger partial charge on any atom is -0.373 e. The number of nitro groups is 1. The highest BCUT2D eigenvalue weighted by Gasteiger charge is 2.32. The van der Waals surface area contributed by atoms with Gasteiger partial charge in [-0.1, -0.05) is 0 Å². The number of benzene rings is 1. The minimum atomic E-state index is -0.413. The van der Waals surface area contributed by atoms with E-state index in [0.717, 1.165) is 17.9 Å². The molecule has 0 N–H and O–H groups in total. The van der Waals surface area contributed by atoms with Crippen LogP contribution < -0.4 is 0 Å². The third kappa shape index (κ3) is 3.97. The van der Waals surface area contributed by atoms with Crippen LogP contribution in [0.3, 0.4) is 0 Å². The quantitative estimate of drug-likeness (QED) is 0.343.